The Kier molecular flexibility index (Phi) is 5.96. The first-order chi connectivity index (χ1) is 15.7. The molecule has 0 radical (unpaired) electrons. The highest BCUT2D eigenvalue weighted by Crippen LogP contribution is 2.40. The van der Waals surface area contributed by atoms with Crippen LogP contribution in [0.5, 0.6) is 5.75 Å². The number of fused-ring (bicyclic) bond motifs is 3. The number of nitrogens with zero attached hydrogens (tertiary/aromatic N) is 5. The fourth-order valence-corrected chi connectivity index (χ4v) is 4.27. The van der Waals surface area contributed by atoms with Gasteiger partial charge in [-0.3, -0.25) is 19.7 Å². The van der Waals surface area contributed by atoms with E-state index in [1.54, 1.807) is 24.5 Å². The second-order valence-corrected chi connectivity index (χ2v) is 8.14. The van der Waals surface area contributed by atoms with Crippen molar-refractivity contribution < 1.29 is 14.3 Å². The van der Waals surface area contributed by atoms with Crippen LogP contribution < -0.4 is 4.74 Å². The Hall–Kier alpha value is -3.10. The zero-order valence-electron chi connectivity index (χ0n) is 18.3. The molecule has 0 atom stereocenters. The van der Waals surface area contributed by atoms with Crippen LogP contribution in [0.2, 0.25) is 0 Å². The van der Waals surface area contributed by atoms with E-state index in [9.17, 15) is 4.79 Å². The summed E-state index contributed by atoms with van der Waals surface area (Å²) in [5.41, 5.74) is 3.36. The molecule has 0 unspecified atom stereocenters. The maximum atomic E-state index is 12.9. The van der Waals surface area contributed by atoms with Gasteiger partial charge >= 0.3 is 0 Å². The van der Waals surface area contributed by atoms with Crippen LogP contribution in [0.3, 0.4) is 0 Å². The van der Waals surface area contributed by atoms with Gasteiger partial charge in [-0.2, -0.15) is 0 Å². The van der Waals surface area contributed by atoms with Gasteiger partial charge in [0.2, 0.25) is 0 Å². The summed E-state index contributed by atoms with van der Waals surface area (Å²) in [6.07, 6.45) is 3.47. The minimum Gasteiger partial charge on any atom is -0.490 e. The number of amidine groups is 2. The van der Waals surface area contributed by atoms with E-state index in [0.717, 1.165) is 67.8 Å². The van der Waals surface area contributed by atoms with Crippen molar-refractivity contribution in [3.05, 3.63) is 53.3 Å². The Balaban J connectivity index is 1.41. The highest BCUT2D eigenvalue weighted by Gasteiger charge is 2.32. The number of carbonyl (C=O) groups excluding carboxylic acids is 1. The van der Waals surface area contributed by atoms with Crippen molar-refractivity contribution in [2.45, 2.75) is 13.3 Å². The third kappa shape index (κ3) is 4.16. The number of pyridine rings is 1. The van der Waals surface area contributed by atoms with Crippen molar-refractivity contribution >= 4 is 23.1 Å². The molecule has 1 saturated heterocycles. The molecule has 32 heavy (non-hydrogen) atoms. The molecule has 0 amide bonds. The molecule has 166 valence electrons. The Labute approximate surface area is 187 Å². The van der Waals surface area contributed by atoms with Gasteiger partial charge in [-0.15, -0.1) is 0 Å². The van der Waals surface area contributed by atoms with Crippen LogP contribution in [0.25, 0.3) is 0 Å². The predicted molar refractivity (Wildman–Crippen MR) is 122 cm³/mol. The lowest BCUT2D eigenvalue weighted by atomic mass is 10.0. The van der Waals surface area contributed by atoms with Gasteiger partial charge in [-0.1, -0.05) is 6.07 Å². The average molecular weight is 434 g/mol. The molecule has 1 aromatic heterocycles. The number of carbonyl (C=O) groups is 1. The monoisotopic (exact) mass is 433 g/mol. The lowest BCUT2D eigenvalue weighted by Crippen LogP contribution is -2.39. The molecule has 0 spiro atoms. The van der Waals surface area contributed by atoms with Crippen molar-refractivity contribution in [1.29, 1.82) is 0 Å². The predicted octanol–water partition coefficient (Wildman–Crippen LogP) is 2.48. The van der Waals surface area contributed by atoms with E-state index in [1.807, 2.05) is 6.92 Å². The highest BCUT2D eigenvalue weighted by molar-refractivity contribution is 6.21. The van der Waals surface area contributed by atoms with E-state index in [1.165, 1.54) is 0 Å². The number of benzene rings is 1. The summed E-state index contributed by atoms with van der Waals surface area (Å²) in [5, 5.41) is 0. The van der Waals surface area contributed by atoms with Crippen molar-refractivity contribution in [3.63, 3.8) is 0 Å². The van der Waals surface area contributed by atoms with Gasteiger partial charge in [0.05, 0.1) is 26.2 Å². The van der Waals surface area contributed by atoms with E-state index in [2.05, 4.69) is 26.9 Å². The molecule has 8 nitrogen and oxygen atoms in total. The fraction of sp³-hybridized carbons (Fsp3) is 0.417. The van der Waals surface area contributed by atoms with Gasteiger partial charge in [0, 0.05) is 49.7 Å². The topological polar surface area (TPSA) is 79.6 Å². The summed E-state index contributed by atoms with van der Waals surface area (Å²) >= 11 is 0. The smallest absolute Gasteiger partial charge is 0.171 e. The zero-order chi connectivity index (χ0) is 21.9. The molecular formula is C24H27N5O3. The number of aromatic nitrogens is 1. The first kappa shape index (κ1) is 20.8. The second-order valence-electron chi connectivity index (χ2n) is 8.14. The maximum absolute atomic E-state index is 12.9. The molecule has 2 aromatic rings. The number of Topliss-reactive ketones (excluding diaryl/α,β-unsaturated/α-hetero) is 1. The number of ether oxygens (including phenoxy) is 2. The van der Waals surface area contributed by atoms with Crippen LogP contribution in [0.4, 0.5) is 5.69 Å². The summed E-state index contributed by atoms with van der Waals surface area (Å²) < 4.78 is 11.7. The minimum atomic E-state index is -0.00557. The van der Waals surface area contributed by atoms with Crippen LogP contribution in [0.15, 0.2) is 46.6 Å². The molecule has 8 heteroatoms. The fourth-order valence-electron chi connectivity index (χ4n) is 4.27. The quantitative estimate of drug-likeness (QED) is 0.624. The van der Waals surface area contributed by atoms with Gasteiger partial charge in [0.25, 0.3) is 0 Å². The lowest BCUT2D eigenvalue weighted by molar-refractivity contribution is 0.0322. The van der Waals surface area contributed by atoms with Crippen LogP contribution in [0.1, 0.15) is 27.9 Å². The molecule has 0 N–H and O–H groups in total. The molecule has 1 fully saturated rings. The van der Waals surface area contributed by atoms with E-state index >= 15 is 0 Å². The van der Waals surface area contributed by atoms with Crippen LogP contribution in [-0.4, -0.2) is 84.8 Å². The number of aliphatic imine (C=N–C) groups is 2. The average Bonchev–Trinajstić information content (AvgIpc) is 3.32. The van der Waals surface area contributed by atoms with Gasteiger partial charge in [0.1, 0.15) is 29.7 Å². The van der Waals surface area contributed by atoms with Crippen molar-refractivity contribution in [2.24, 2.45) is 9.98 Å². The Morgan fingerprint density at radius 1 is 1.19 bits per heavy atom. The molecule has 0 bridgehead atoms. The van der Waals surface area contributed by atoms with Gasteiger partial charge < -0.3 is 14.4 Å². The summed E-state index contributed by atoms with van der Waals surface area (Å²) in [5.74, 6) is 2.36. The molecule has 0 saturated carbocycles. The van der Waals surface area contributed by atoms with E-state index < -0.39 is 0 Å². The first-order valence-electron chi connectivity index (χ1n) is 11.1. The molecular weight excluding hydrogens is 406 g/mol. The lowest BCUT2D eigenvalue weighted by Gasteiger charge is -2.29. The first-order valence-corrected chi connectivity index (χ1v) is 11.1. The Bertz CT molecular complexity index is 1060. The van der Waals surface area contributed by atoms with Crippen LogP contribution in [0, 0.1) is 6.92 Å². The third-order valence-corrected chi connectivity index (χ3v) is 6.02. The van der Waals surface area contributed by atoms with E-state index in [4.69, 9.17) is 19.5 Å². The molecule has 1 aromatic carbocycles. The highest BCUT2D eigenvalue weighted by atomic mass is 16.5. The normalized spacial score (nSPS) is 18.0. The molecule has 3 aliphatic rings. The van der Waals surface area contributed by atoms with E-state index in [0.29, 0.717) is 24.6 Å². The molecule has 0 aliphatic carbocycles. The second kappa shape index (κ2) is 9.18. The maximum Gasteiger partial charge on any atom is 0.171 e. The van der Waals surface area contributed by atoms with Crippen LogP contribution in [-0.2, 0) is 4.74 Å². The standard InChI is InChI=1S/C24H27N5O3/c1-17-4-5-19-22(23(17)32-14-11-28-9-12-31-13-10-28)27-21(29-8-7-26-24(19)29)15-20(30)18-3-2-6-25-16-18/h2-6,16H,7-15H2,1H3. The number of ketones is 1. The third-order valence-electron chi connectivity index (χ3n) is 6.02. The van der Waals surface area contributed by atoms with Gasteiger partial charge in [-0.05, 0) is 30.7 Å². The van der Waals surface area contributed by atoms with Gasteiger partial charge in [-0.25, -0.2) is 4.99 Å². The number of aryl methyl sites for hydroxylation is 1. The van der Waals surface area contributed by atoms with Crippen LogP contribution >= 0.6 is 0 Å². The summed E-state index contributed by atoms with van der Waals surface area (Å²) in [6.45, 7) is 8.28. The van der Waals surface area contributed by atoms with Crippen molar-refractivity contribution in [2.75, 3.05) is 52.5 Å². The van der Waals surface area contributed by atoms with Crippen molar-refractivity contribution in [1.82, 2.24) is 14.8 Å². The van der Waals surface area contributed by atoms with Gasteiger partial charge in [0.15, 0.2) is 5.78 Å². The summed E-state index contributed by atoms with van der Waals surface area (Å²) in [6, 6.07) is 7.68. The Morgan fingerprint density at radius 2 is 2.06 bits per heavy atom. The van der Waals surface area contributed by atoms with Crippen molar-refractivity contribution in [3.8, 4) is 5.75 Å². The number of hydrogen-bond donors (Lipinski definition) is 0. The molecule has 3 aliphatic heterocycles. The minimum absolute atomic E-state index is 0.00557. The molecule has 4 heterocycles. The number of hydrogen-bond acceptors (Lipinski definition) is 8. The van der Waals surface area contributed by atoms with E-state index in [-0.39, 0.29) is 12.2 Å². The SMILES string of the molecule is Cc1ccc2c(c1OCCN1CCOCC1)N=C(CC(=O)c1cccnc1)N1CCN=C21. The molecule has 5 rings (SSSR count). The summed E-state index contributed by atoms with van der Waals surface area (Å²) in [7, 11) is 0. The number of morpholine rings is 1. The summed E-state index contributed by atoms with van der Waals surface area (Å²) in [4.78, 5) is 31.0. The largest absolute Gasteiger partial charge is 0.490 e. The number of rotatable bonds is 7. The Morgan fingerprint density at radius 3 is 2.88 bits per heavy atom. The zero-order valence-corrected chi connectivity index (χ0v) is 18.3.